The lowest BCUT2D eigenvalue weighted by Crippen LogP contribution is -2.34. The van der Waals surface area contributed by atoms with E-state index in [1.54, 1.807) is 0 Å². The van der Waals surface area contributed by atoms with E-state index in [1.807, 2.05) is 0 Å². The van der Waals surface area contributed by atoms with E-state index < -0.39 is 17.5 Å². The van der Waals surface area contributed by atoms with Gasteiger partial charge >= 0.3 is 5.97 Å². The molecule has 0 radical (unpaired) electrons. The topological polar surface area (TPSA) is 83.7 Å². The fraction of sp³-hybridized carbons (Fsp3) is 0.750. The molecule has 0 heterocycles. The average Bonchev–Trinajstić information content (AvgIpc) is 1.81. The van der Waals surface area contributed by atoms with Crippen molar-refractivity contribution in [2.24, 2.45) is 0 Å². The zero-order valence-corrected chi connectivity index (χ0v) is 5.48. The van der Waals surface area contributed by atoms with Gasteiger partial charge in [-0.2, -0.15) is 0 Å². The SMILES string of the molecule is CCN(CC(=O)O)[N+](=O)[O-]. The monoisotopic (exact) mass is 148 g/mol. The number of likely N-dealkylation sites (N-methyl/N-ethyl adjacent to an activating group) is 1. The Bertz CT molecular complexity index is 146. The van der Waals surface area contributed by atoms with Crippen molar-refractivity contribution in [3.63, 3.8) is 0 Å². The first kappa shape index (κ1) is 8.67. The number of carboxylic acid groups (broad SMARTS) is 1. The minimum absolute atomic E-state index is 0.0965. The van der Waals surface area contributed by atoms with Gasteiger partial charge in [0.1, 0.15) is 0 Å². The molecule has 0 fully saturated rings. The summed E-state index contributed by atoms with van der Waals surface area (Å²) in [5.74, 6) is -1.20. The van der Waals surface area contributed by atoms with Crippen LogP contribution in [0, 0.1) is 10.1 Å². The molecule has 1 N–H and O–H groups in total. The highest BCUT2D eigenvalue weighted by molar-refractivity contribution is 5.68. The van der Waals surface area contributed by atoms with E-state index >= 15 is 0 Å². The molecule has 0 bridgehead atoms. The Morgan fingerprint density at radius 3 is 2.40 bits per heavy atom. The van der Waals surface area contributed by atoms with Gasteiger partial charge in [-0.15, -0.1) is 5.01 Å². The lowest BCUT2D eigenvalue weighted by molar-refractivity contribution is -0.652. The summed E-state index contributed by atoms with van der Waals surface area (Å²) in [5.41, 5.74) is 0. The number of carbonyl (C=O) groups is 1. The van der Waals surface area contributed by atoms with Crippen LogP contribution in [-0.4, -0.2) is 34.2 Å². The number of carboxylic acids is 1. The Kier molecular flexibility index (Phi) is 3.16. The summed E-state index contributed by atoms with van der Waals surface area (Å²) < 4.78 is 0. The van der Waals surface area contributed by atoms with Gasteiger partial charge in [0.05, 0.1) is 6.54 Å². The van der Waals surface area contributed by atoms with Crippen LogP contribution in [0.1, 0.15) is 6.92 Å². The molecule has 6 heteroatoms. The van der Waals surface area contributed by atoms with Crippen molar-refractivity contribution < 1.29 is 14.9 Å². The highest BCUT2D eigenvalue weighted by Gasteiger charge is 2.14. The summed E-state index contributed by atoms with van der Waals surface area (Å²) in [7, 11) is 0. The van der Waals surface area contributed by atoms with Gasteiger partial charge in [0.15, 0.2) is 11.6 Å². The highest BCUT2D eigenvalue weighted by Crippen LogP contribution is 1.85. The first-order chi connectivity index (χ1) is 4.57. The number of aliphatic carboxylic acids is 1. The summed E-state index contributed by atoms with van der Waals surface area (Å²) in [5, 5.41) is 17.9. The summed E-state index contributed by atoms with van der Waals surface area (Å²) in [6, 6.07) is 0. The minimum Gasteiger partial charge on any atom is -0.480 e. The third kappa shape index (κ3) is 2.85. The van der Waals surface area contributed by atoms with Crippen LogP contribution in [0.2, 0.25) is 0 Å². The zero-order chi connectivity index (χ0) is 8.15. The fourth-order valence-corrected chi connectivity index (χ4v) is 0.441. The van der Waals surface area contributed by atoms with E-state index in [0.29, 0.717) is 5.01 Å². The zero-order valence-electron chi connectivity index (χ0n) is 5.48. The van der Waals surface area contributed by atoms with Crippen LogP contribution in [0.25, 0.3) is 0 Å². The van der Waals surface area contributed by atoms with Gasteiger partial charge in [-0.05, 0) is 6.92 Å². The Balaban J connectivity index is 3.83. The molecule has 58 valence electrons. The van der Waals surface area contributed by atoms with Crippen molar-refractivity contribution in [1.29, 1.82) is 0 Å². The molecule has 0 amide bonds. The van der Waals surface area contributed by atoms with Crippen molar-refractivity contribution in [3.05, 3.63) is 10.1 Å². The predicted octanol–water partition coefficient (Wildman–Crippen LogP) is -0.415. The molecular weight excluding hydrogens is 140 g/mol. The largest absolute Gasteiger partial charge is 0.480 e. The first-order valence-electron chi connectivity index (χ1n) is 2.69. The predicted molar refractivity (Wildman–Crippen MR) is 31.9 cm³/mol. The van der Waals surface area contributed by atoms with Crippen LogP contribution < -0.4 is 0 Å². The quantitative estimate of drug-likeness (QED) is 0.432. The molecule has 0 saturated heterocycles. The van der Waals surface area contributed by atoms with Gasteiger partial charge in [0.2, 0.25) is 0 Å². The minimum atomic E-state index is -1.20. The molecule has 0 atom stereocenters. The summed E-state index contributed by atoms with van der Waals surface area (Å²) in [6.45, 7) is 1.06. The van der Waals surface area contributed by atoms with E-state index in [2.05, 4.69) is 0 Å². The molecule has 0 spiro atoms. The van der Waals surface area contributed by atoms with Gasteiger partial charge < -0.3 is 5.11 Å². The standard InChI is InChI=1S/C4H8N2O4/c1-2-5(6(9)10)3-4(7)8/h2-3H2,1H3,(H,7,8). The number of hydrogen-bond acceptors (Lipinski definition) is 3. The number of hydrazine groups is 1. The van der Waals surface area contributed by atoms with Crippen LogP contribution in [-0.2, 0) is 4.79 Å². The molecule has 0 aromatic heterocycles. The lowest BCUT2D eigenvalue weighted by atomic mass is 10.6. The number of hydrogen-bond donors (Lipinski definition) is 1. The average molecular weight is 148 g/mol. The molecule has 0 aromatic carbocycles. The van der Waals surface area contributed by atoms with E-state index in [9.17, 15) is 14.9 Å². The molecular formula is C4H8N2O4. The fourth-order valence-electron chi connectivity index (χ4n) is 0.441. The third-order valence-electron chi connectivity index (χ3n) is 0.914. The summed E-state index contributed by atoms with van der Waals surface area (Å²) in [6.07, 6.45) is 0. The Morgan fingerprint density at radius 2 is 2.30 bits per heavy atom. The maximum Gasteiger partial charge on any atom is 0.329 e. The van der Waals surface area contributed by atoms with E-state index in [4.69, 9.17) is 5.11 Å². The second-order valence-corrected chi connectivity index (χ2v) is 1.61. The highest BCUT2D eigenvalue weighted by atomic mass is 16.7. The van der Waals surface area contributed by atoms with Gasteiger partial charge in [-0.1, -0.05) is 0 Å². The van der Waals surface area contributed by atoms with Gasteiger partial charge in [-0.25, -0.2) is 10.1 Å². The molecule has 10 heavy (non-hydrogen) atoms. The van der Waals surface area contributed by atoms with Crippen molar-refractivity contribution in [3.8, 4) is 0 Å². The van der Waals surface area contributed by atoms with E-state index in [1.165, 1.54) is 6.92 Å². The van der Waals surface area contributed by atoms with E-state index in [0.717, 1.165) is 0 Å². The molecule has 0 aromatic rings. The molecule has 0 aliphatic carbocycles. The molecule has 0 unspecified atom stereocenters. The molecule has 0 aliphatic rings. The van der Waals surface area contributed by atoms with Gasteiger partial charge in [-0.3, -0.25) is 4.79 Å². The first-order valence-corrected chi connectivity index (χ1v) is 2.69. The summed E-state index contributed by atoms with van der Waals surface area (Å²) in [4.78, 5) is 19.9. The van der Waals surface area contributed by atoms with E-state index in [-0.39, 0.29) is 6.54 Å². The second kappa shape index (κ2) is 3.65. The van der Waals surface area contributed by atoms with Crippen LogP contribution in [0.15, 0.2) is 0 Å². The Morgan fingerprint density at radius 1 is 1.80 bits per heavy atom. The third-order valence-corrected chi connectivity index (χ3v) is 0.914. The Hall–Kier alpha value is -1.33. The maximum absolute atomic E-state index is 9.93. The molecule has 0 saturated carbocycles. The molecule has 6 nitrogen and oxygen atoms in total. The molecule has 0 aliphatic heterocycles. The van der Waals surface area contributed by atoms with Crippen LogP contribution >= 0.6 is 0 Å². The van der Waals surface area contributed by atoms with Crippen molar-refractivity contribution in [1.82, 2.24) is 5.01 Å². The Labute approximate surface area is 57.2 Å². The number of nitrogens with zero attached hydrogens (tertiary/aromatic N) is 2. The normalized spacial score (nSPS) is 8.90. The molecule has 0 rings (SSSR count). The lowest BCUT2D eigenvalue weighted by Gasteiger charge is -2.07. The van der Waals surface area contributed by atoms with Crippen molar-refractivity contribution >= 4 is 5.97 Å². The second-order valence-electron chi connectivity index (χ2n) is 1.61. The van der Waals surface area contributed by atoms with Crippen molar-refractivity contribution in [2.75, 3.05) is 13.1 Å². The van der Waals surface area contributed by atoms with Gasteiger partial charge in [0.25, 0.3) is 0 Å². The maximum atomic E-state index is 9.93. The number of rotatable bonds is 4. The summed E-state index contributed by atoms with van der Waals surface area (Å²) >= 11 is 0. The smallest absolute Gasteiger partial charge is 0.329 e. The van der Waals surface area contributed by atoms with Crippen LogP contribution in [0.3, 0.4) is 0 Å². The van der Waals surface area contributed by atoms with Gasteiger partial charge in [0, 0.05) is 0 Å². The van der Waals surface area contributed by atoms with Crippen molar-refractivity contribution in [2.45, 2.75) is 6.92 Å². The van der Waals surface area contributed by atoms with Crippen LogP contribution in [0.5, 0.6) is 0 Å². The number of nitro groups is 1. The van der Waals surface area contributed by atoms with Crippen LogP contribution in [0.4, 0.5) is 0 Å².